The minimum Gasteiger partial charge on any atom is -0.458 e. The average Bonchev–Trinajstić information content (AvgIpc) is 2.69. The molecule has 1 aromatic heterocycles. The van der Waals surface area contributed by atoms with Gasteiger partial charge in [-0.25, -0.2) is 0 Å². The zero-order chi connectivity index (χ0) is 14.3. The van der Waals surface area contributed by atoms with E-state index in [-0.39, 0.29) is 5.54 Å². The molecule has 3 heteroatoms. The number of aryl methyl sites for hydroxylation is 1. The third-order valence-electron chi connectivity index (χ3n) is 3.17. The Morgan fingerprint density at radius 3 is 2.47 bits per heavy atom. The number of furan rings is 1. The van der Waals surface area contributed by atoms with Crippen LogP contribution in [0, 0.1) is 6.92 Å². The molecule has 0 saturated carbocycles. The second-order valence-corrected chi connectivity index (χ2v) is 6.53. The summed E-state index contributed by atoms with van der Waals surface area (Å²) in [6, 6.07) is 7.95. The predicted molar refractivity (Wildman–Crippen MR) is 78.3 cm³/mol. The van der Waals surface area contributed by atoms with Crippen molar-refractivity contribution in [1.82, 2.24) is 5.32 Å². The number of aliphatic hydroxyl groups is 1. The molecule has 0 spiro atoms. The van der Waals surface area contributed by atoms with Crippen molar-refractivity contribution in [2.24, 2.45) is 0 Å². The Bertz CT molecular complexity index is 576. The van der Waals surface area contributed by atoms with Crippen LogP contribution < -0.4 is 5.32 Å². The molecule has 0 saturated heterocycles. The van der Waals surface area contributed by atoms with Crippen molar-refractivity contribution in [2.45, 2.75) is 45.8 Å². The molecule has 2 N–H and O–H groups in total. The lowest BCUT2D eigenvalue weighted by Gasteiger charge is -2.27. The highest BCUT2D eigenvalue weighted by molar-refractivity contribution is 5.78. The van der Waals surface area contributed by atoms with Gasteiger partial charge < -0.3 is 14.8 Å². The predicted octanol–water partition coefficient (Wildman–Crippen LogP) is 3.34. The van der Waals surface area contributed by atoms with E-state index < -0.39 is 5.60 Å². The minimum atomic E-state index is -1.01. The Morgan fingerprint density at radius 1 is 1.16 bits per heavy atom. The van der Waals surface area contributed by atoms with Crippen LogP contribution in [0.25, 0.3) is 11.0 Å². The van der Waals surface area contributed by atoms with Gasteiger partial charge in [-0.15, -0.1) is 0 Å². The third-order valence-corrected chi connectivity index (χ3v) is 3.17. The van der Waals surface area contributed by atoms with Crippen molar-refractivity contribution in [2.75, 3.05) is 6.54 Å². The number of nitrogens with one attached hydrogen (secondary N) is 1. The number of benzene rings is 1. The number of fused-ring (bicyclic) bond motifs is 1. The van der Waals surface area contributed by atoms with Gasteiger partial charge in [0.1, 0.15) is 16.9 Å². The zero-order valence-corrected chi connectivity index (χ0v) is 12.4. The van der Waals surface area contributed by atoms with Crippen molar-refractivity contribution in [3.05, 3.63) is 35.6 Å². The lowest BCUT2D eigenvalue weighted by Crippen LogP contribution is -2.44. The maximum atomic E-state index is 10.6. The molecule has 2 rings (SSSR count). The summed E-state index contributed by atoms with van der Waals surface area (Å²) in [6.45, 7) is 10.5. The van der Waals surface area contributed by atoms with E-state index in [9.17, 15) is 5.11 Å². The Balaban J connectivity index is 2.27. The Morgan fingerprint density at radius 2 is 1.84 bits per heavy atom. The summed E-state index contributed by atoms with van der Waals surface area (Å²) in [5.74, 6) is 0.602. The average molecular weight is 261 g/mol. The number of rotatable bonds is 3. The van der Waals surface area contributed by atoms with Gasteiger partial charge in [0.15, 0.2) is 0 Å². The highest BCUT2D eigenvalue weighted by atomic mass is 16.4. The first-order valence-corrected chi connectivity index (χ1v) is 6.65. The largest absolute Gasteiger partial charge is 0.458 e. The summed E-state index contributed by atoms with van der Waals surface area (Å²) in [6.07, 6.45) is 0. The van der Waals surface area contributed by atoms with Crippen LogP contribution in [0.3, 0.4) is 0 Å². The van der Waals surface area contributed by atoms with Gasteiger partial charge >= 0.3 is 0 Å². The van der Waals surface area contributed by atoms with Crippen molar-refractivity contribution in [3.8, 4) is 0 Å². The van der Waals surface area contributed by atoms with Crippen molar-refractivity contribution in [1.29, 1.82) is 0 Å². The van der Waals surface area contributed by atoms with Crippen LogP contribution in [0.2, 0.25) is 0 Å². The summed E-state index contributed by atoms with van der Waals surface area (Å²) >= 11 is 0. The Hall–Kier alpha value is -1.32. The first-order chi connectivity index (χ1) is 8.67. The maximum absolute atomic E-state index is 10.6. The van der Waals surface area contributed by atoms with Crippen LogP contribution in [-0.2, 0) is 5.60 Å². The van der Waals surface area contributed by atoms with Gasteiger partial charge in [0.05, 0.1) is 0 Å². The topological polar surface area (TPSA) is 45.4 Å². The van der Waals surface area contributed by atoms with E-state index in [4.69, 9.17) is 4.42 Å². The minimum absolute atomic E-state index is 0.0351. The van der Waals surface area contributed by atoms with E-state index in [1.807, 2.05) is 25.1 Å². The van der Waals surface area contributed by atoms with E-state index in [0.29, 0.717) is 12.3 Å². The monoisotopic (exact) mass is 261 g/mol. The van der Waals surface area contributed by atoms with Gasteiger partial charge in [-0.2, -0.15) is 0 Å². The molecule has 0 aliphatic rings. The molecule has 0 aliphatic heterocycles. The lowest BCUT2D eigenvalue weighted by molar-refractivity contribution is 0.0299. The van der Waals surface area contributed by atoms with Gasteiger partial charge in [0.25, 0.3) is 0 Å². The molecule has 0 fully saturated rings. The van der Waals surface area contributed by atoms with E-state index in [1.165, 1.54) is 5.56 Å². The van der Waals surface area contributed by atoms with Gasteiger partial charge in [0, 0.05) is 17.5 Å². The van der Waals surface area contributed by atoms with Crippen LogP contribution in [0.1, 0.15) is 39.0 Å². The van der Waals surface area contributed by atoms with E-state index in [1.54, 1.807) is 6.92 Å². The summed E-state index contributed by atoms with van der Waals surface area (Å²) < 4.78 is 5.76. The molecule has 0 bridgehead atoms. The van der Waals surface area contributed by atoms with Crippen LogP contribution >= 0.6 is 0 Å². The van der Waals surface area contributed by atoms with Crippen LogP contribution in [0.4, 0.5) is 0 Å². The van der Waals surface area contributed by atoms with Gasteiger partial charge in [-0.1, -0.05) is 11.6 Å². The summed E-state index contributed by atoms with van der Waals surface area (Å²) in [7, 11) is 0. The van der Waals surface area contributed by atoms with E-state index in [2.05, 4.69) is 32.2 Å². The second-order valence-electron chi connectivity index (χ2n) is 6.53. The molecule has 1 aromatic carbocycles. The lowest BCUT2D eigenvalue weighted by atomic mass is 10.0. The smallest absolute Gasteiger partial charge is 0.137 e. The molecule has 19 heavy (non-hydrogen) atoms. The molecule has 0 radical (unpaired) electrons. The number of β-amino-alcohol motifs (C(OH)–C–C–N with tert-alkyl or cyclic N) is 1. The van der Waals surface area contributed by atoms with E-state index in [0.717, 1.165) is 11.0 Å². The fourth-order valence-corrected chi connectivity index (χ4v) is 1.95. The first kappa shape index (κ1) is 14.1. The SMILES string of the molecule is Cc1ccc2oc(C(C)(O)CNC(C)(C)C)cc2c1. The summed E-state index contributed by atoms with van der Waals surface area (Å²) in [5.41, 5.74) is 0.955. The molecule has 3 nitrogen and oxygen atoms in total. The Kier molecular flexibility index (Phi) is 3.45. The molecule has 1 unspecified atom stereocenters. The van der Waals surface area contributed by atoms with Crippen molar-refractivity contribution >= 4 is 11.0 Å². The standard InChI is InChI=1S/C16H23NO2/c1-11-6-7-13-12(8-11)9-14(19-13)16(5,18)10-17-15(2,3)4/h6-9,17-18H,10H2,1-5H3. The third kappa shape index (κ3) is 3.37. The van der Waals surface area contributed by atoms with Crippen molar-refractivity contribution < 1.29 is 9.52 Å². The Labute approximate surface area is 114 Å². The highest BCUT2D eigenvalue weighted by Gasteiger charge is 2.28. The molecule has 104 valence electrons. The van der Waals surface area contributed by atoms with Gasteiger partial charge in [0.2, 0.25) is 0 Å². The molecular weight excluding hydrogens is 238 g/mol. The zero-order valence-electron chi connectivity index (χ0n) is 12.4. The van der Waals surface area contributed by atoms with Gasteiger partial charge in [-0.3, -0.25) is 0 Å². The summed E-state index contributed by atoms with van der Waals surface area (Å²) in [5, 5.41) is 14.9. The molecule has 1 heterocycles. The number of hydrogen-bond donors (Lipinski definition) is 2. The van der Waals surface area contributed by atoms with Crippen LogP contribution in [0.5, 0.6) is 0 Å². The molecule has 0 amide bonds. The highest BCUT2D eigenvalue weighted by Crippen LogP contribution is 2.28. The maximum Gasteiger partial charge on any atom is 0.137 e. The second kappa shape index (κ2) is 4.66. The fraction of sp³-hybridized carbons (Fsp3) is 0.500. The quantitative estimate of drug-likeness (QED) is 0.890. The normalized spacial score (nSPS) is 15.7. The molecule has 2 aromatic rings. The number of hydrogen-bond acceptors (Lipinski definition) is 3. The van der Waals surface area contributed by atoms with Crippen molar-refractivity contribution in [3.63, 3.8) is 0 Å². The van der Waals surface area contributed by atoms with Crippen LogP contribution in [0.15, 0.2) is 28.7 Å². The summed E-state index contributed by atoms with van der Waals surface area (Å²) in [4.78, 5) is 0. The van der Waals surface area contributed by atoms with E-state index >= 15 is 0 Å². The first-order valence-electron chi connectivity index (χ1n) is 6.65. The van der Waals surface area contributed by atoms with Gasteiger partial charge in [-0.05, 0) is 52.8 Å². The fourth-order valence-electron chi connectivity index (χ4n) is 1.95. The molecule has 0 aliphatic carbocycles. The van der Waals surface area contributed by atoms with Crippen LogP contribution in [-0.4, -0.2) is 17.2 Å². The molecule has 1 atom stereocenters. The molecular formula is C16H23NO2.